The number of aromatic nitrogens is 3. The van der Waals surface area contributed by atoms with Crippen LogP contribution < -0.4 is 14.8 Å². The minimum absolute atomic E-state index is 0.0667. The van der Waals surface area contributed by atoms with Crippen LogP contribution in [0.1, 0.15) is 54.1 Å². The van der Waals surface area contributed by atoms with Gasteiger partial charge in [-0.05, 0) is 74.2 Å². The number of amides is 1. The first-order valence-corrected chi connectivity index (χ1v) is 11.5. The Kier molecular flexibility index (Phi) is 4.63. The molecule has 0 bridgehead atoms. The predicted octanol–water partition coefficient (Wildman–Crippen LogP) is 2.38. The Morgan fingerprint density at radius 3 is 2.81 bits per heavy atom. The molecule has 2 fully saturated rings. The fourth-order valence-electron chi connectivity index (χ4n) is 5.17. The van der Waals surface area contributed by atoms with Gasteiger partial charge in [-0.2, -0.15) is 0 Å². The maximum Gasteiger partial charge on any atom is 0.289 e. The van der Waals surface area contributed by atoms with Crippen molar-refractivity contribution in [3.8, 4) is 11.5 Å². The van der Waals surface area contributed by atoms with Gasteiger partial charge < -0.3 is 19.4 Å². The molecule has 3 aliphatic heterocycles. The number of hydrogen-bond donors (Lipinski definition) is 1. The Hall–Kier alpha value is -2.61. The molecule has 1 aliphatic carbocycles. The molecule has 31 heavy (non-hydrogen) atoms. The van der Waals surface area contributed by atoms with Crippen LogP contribution in [0.3, 0.4) is 0 Å². The van der Waals surface area contributed by atoms with Crippen LogP contribution in [0.5, 0.6) is 11.5 Å². The molecule has 0 atom stereocenters. The molecule has 1 saturated carbocycles. The van der Waals surface area contributed by atoms with Gasteiger partial charge >= 0.3 is 0 Å². The van der Waals surface area contributed by atoms with Gasteiger partial charge in [0.15, 0.2) is 11.5 Å². The van der Waals surface area contributed by atoms with Crippen molar-refractivity contribution in [2.45, 2.75) is 51.6 Å². The summed E-state index contributed by atoms with van der Waals surface area (Å²) in [5, 5.41) is 11.6. The standard InChI is InChI=1S/C23H29N5O3/c29-22(24-12-16-1-2-16)21-26-25-20-5-6-23(14-28(20)21)7-9-27(10-8-23)13-17-3-4-18-19(11-17)31-15-30-18/h3-4,11,16H,1-2,5-10,12-15H2,(H,24,29). The molecule has 6 rings (SSSR count). The molecule has 0 radical (unpaired) electrons. The third-order valence-corrected chi connectivity index (χ3v) is 7.41. The van der Waals surface area contributed by atoms with Crippen LogP contribution in [0, 0.1) is 11.3 Å². The van der Waals surface area contributed by atoms with E-state index in [0.717, 1.165) is 75.7 Å². The Morgan fingerprint density at radius 1 is 1.13 bits per heavy atom. The van der Waals surface area contributed by atoms with E-state index in [2.05, 4.69) is 37.1 Å². The number of nitrogens with one attached hydrogen (secondary N) is 1. The third-order valence-electron chi connectivity index (χ3n) is 7.41. The highest BCUT2D eigenvalue weighted by Gasteiger charge is 2.40. The molecule has 1 aromatic carbocycles. The molecule has 2 aromatic rings. The third kappa shape index (κ3) is 3.78. The quantitative estimate of drug-likeness (QED) is 0.795. The van der Waals surface area contributed by atoms with Gasteiger partial charge in [0.05, 0.1) is 0 Å². The molecule has 4 aliphatic rings. The van der Waals surface area contributed by atoms with Crippen LogP contribution in [0.4, 0.5) is 0 Å². The fourth-order valence-corrected chi connectivity index (χ4v) is 5.17. The average Bonchev–Trinajstić information content (AvgIpc) is 3.34. The van der Waals surface area contributed by atoms with E-state index >= 15 is 0 Å². The molecule has 8 heteroatoms. The number of hydrogen-bond acceptors (Lipinski definition) is 6. The first-order chi connectivity index (χ1) is 15.2. The molecular formula is C23H29N5O3. The SMILES string of the molecule is O=C(NCC1CC1)c1nnc2n1CC1(CC2)CCN(Cc2ccc3c(c2)OCO3)CC1. The minimum atomic E-state index is -0.0667. The van der Waals surface area contributed by atoms with Crippen molar-refractivity contribution in [1.82, 2.24) is 25.0 Å². The molecule has 1 aromatic heterocycles. The lowest BCUT2D eigenvalue weighted by molar-refractivity contribution is 0.0617. The summed E-state index contributed by atoms with van der Waals surface area (Å²) in [6, 6.07) is 6.24. The number of nitrogens with zero attached hydrogens (tertiary/aromatic N) is 4. The predicted molar refractivity (Wildman–Crippen MR) is 113 cm³/mol. The molecule has 1 N–H and O–H groups in total. The number of rotatable bonds is 5. The lowest BCUT2D eigenvalue weighted by atomic mass is 9.73. The summed E-state index contributed by atoms with van der Waals surface area (Å²) in [5.41, 5.74) is 1.51. The van der Waals surface area contributed by atoms with Crippen LogP contribution in [-0.4, -0.2) is 52.0 Å². The fraction of sp³-hybridized carbons (Fsp3) is 0.609. The lowest BCUT2D eigenvalue weighted by Crippen LogP contribution is -2.44. The van der Waals surface area contributed by atoms with Crippen LogP contribution in [0.15, 0.2) is 18.2 Å². The molecule has 1 spiro atoms. The van der Waals surface area contributed by atoms with Crippen LogP contribution >= 0.6 is 0 Å². The summed E-state index contributed by atoms with van der Waals surface area (Å²) in [4.78, 5) is 15.2. The summed E-state index contributed by atoms with van der Waals surface area (Å²) in [6.07, 6.45) is 6.77. The van der Waals surface area contributed by atoms with Crippen molar-refractivity contribution >= 4 is 5.91 Å². The van der Waals surface area contributed by atoms with E-state index in [1.165, 1.54) is 18.4 Å². The Morgan fingerprint density at radius 2 is 1.97 bits per heavy atom. The van der Waals surface area contributed by atoms with Gasteiger partial charge in [-0.3, -0.25) is 9.69 Å². The van der Waals surface area contributed by atoms with Gasteiger partial charge in [0, 0.05) is 26.1 Å². The Labute approximate surface area is 181 Å². The number of fused-ring (bicyclic) bond motifs is 2. The monoisotopic (exact) mass is 423 g/mol. The second kappa shape index (κ2) is 7.51. The van der Waals surface area contributed by atoms with Gasteiger partial charge in [-0.25, -0.2) is 0 Å². The topological polar surface area (TPSA) is 81.5 Å². The molecule has 4 heterocycles. The zero-order chi connectivity index (χ0) is 20.8. The van der Waals surface area contributed by atoms with Crippen molar-refractivity contribution < 1.29 is 14.3 Å². The molecule has 1 saturated heterocycles. The summed E-state index contributed by atoms with van der Waals surface area (Å²) < 4.78 is 13.0. The van der Waals surface area contributed by atoms with E-state index in [1.807, 2.05) is 6.07 Å². The number of ether oxygens (including phenoxy) is 2. The zero-order valence-corrected chi connectivity index (χ0v) is 17.8. The number of likely N-dealkylation sites (tertiary alicyclic amines) is 1. The first kappa shape index (κ1) is 19.1. The maximum absolute atomic E-state index is 12.7. The minimum Gasteiger partial charge on any atom is -0.454 e. The number of benzene rings is 1. The highest BCUT2D eigenvalue weighted by Crippen LogP contribution is 2.41. The Balaban J connectivity index is 1.09. The summed E-state index contributed by atoms with van der Waals surface area (Å²) in [6.45, 7) is 5.00. The van der Waals surface area contributed by atoms with Crippen molar-refractivity contribution in [3.63, 3.8) is 0 Å². The summed E-state index contributed by atoms with van der Waals surface area (Å²) in [7, 11) is 0. The summed E-state index contributed by atoms with van der Waals surface area (Å²) in [5.74, 6) is 3.75. The highest BCUT2D eigenvalue weighted by molar-refractivity contribution is 5.90. The van der Waals surface area contributed by atoms with E-state index in [0.29, 0.717) is 18.5 Å². The van der Waals surface area contributed by atoms with E-state index in [-0.39, 0.29) is 11.3 Å². The van der Waals surface area contributed by atoms with Crippen LogP contribution in [0.2, 0.25) is 0 Å². The van der Waals surface area contributed by atoms with Crippen molar-refractivity contribution in [2.24, 2.45) is 11.3 Å². The average molecular weight is 424 g/mol. The normalized spacial score (nSPS) is 21.8. The lowest BCUT2D eigenvalue weighted by Gasteiger charge is -2.44. The van der Waals surface area contributed by atoms with Gasteiger partial charge in [-0.15, -0.1) is 10.2 Å². The van der Waals surface area contributed by atoms with Gasteiger partial charge in [0.25, 0.3) is 5.91 Å². The van der Waals surface area contributed by atoms with Crippen molar-refractivity contribution in [3.05, 3.63) is 35.4 Å². The van der Waals surface area contributed by atoms with E-state index in [4.69, 9.17) is 9.47 Å². The van der Waals surface area contributed by atoms with Crippen LogP contribution in [-0.2, 0) is 19.5 Å². The second-order valence-electron chi connectivity index (χ2n) is 9.64. The molecule has 0 unspecified atom stereocenters. The van der Waals surface area contributed by atoms with Crippen LogP contribution in [0.25, 0.3) is 0 Å². The smallest absolute Gasteiger partial charge is 0.289 e. The first-order valence-electron chi connectivity index (χ1n) is 11.5. The molecule has 1 amide bonds. The van der Waals surface area contributed by atoms with Gasteiger partial charge in [0.2, 0.25) is 12.6 Å². The number of carbonyl (C=O) groups is 1. The van der Waals surface area contributed by atoms with E-state index < -0.39 is 0 Å². The van der Waals surface area contributed by atoms with Gasteiger partial charge in [-0.1, -0.05) is 6.07 Å². The van der Waals surface area contributed by atoms with E-state index in [1.54, 1.807) is 0 Å². The molecule has 8 nitrogen and oxygen atoms in total. The molecule has 164 valence electrons. The summed E-state index contributed by atoms with van der Waals surface area (Å²) >= 11 is 0. The van der Waals surface area contributed by atoms with Crippen molar-refractivity contribution in [1.29, 1.82) is 0 Å². The maximum atomic E-state index is 12.7. The highest BCUT2D eigenvalue weighted by atomic mass is 16.7. The zero-order valence-electron chi connectivity index (χ0n) is 17.8. The Bertz CT molecular complexity index is 991. The van der Waals surface area contributed by atoms with Crippen molar-refractivity contribution in [2.75, 3.05) is 26.4 Å². The largest absolute Gasteiger partial charge is 0.454 e. The second-order valence-corrected chi connectivity index (χ2v) is 9.64. The molecular weight excluding hydrogens is 394 g/mol. The number of piperidine rings is 1. The number of aryl methyl sites for hydroxylation is 1. The van der Waals surface area contributed by atoms with E-state index in [9.17, 15) is 4.79 Å². The number of carbonyl (C=O) groups excluding carboxylic acids is 1. The van der Waals surface area contributed by atoms with Gasteiger partial charge in [0.1, 0.15) is 5.82 Å².